The summed E-state index contributed by atoms with van der Waals surface area (Å²) in [4.78, 5) is 24.4. The summed E-state index contributed by atoms with van der Waals surface area (Å²) in [5, 5.41) is 0. The van der Waals surface area contributed by atoms with Crippen LogP contribution in [0.25, 0.3) is 0 Å². The lowest BCUT2D eigenvalue weighted by Crippen LogP contribution is -2.44. The number of aldehydes is 1. The molecule has 1 aliphatic carbocycles. The molecule has 16 heavy (non-hydrogen) atoms. The van der Waals surface area contributed by atoms with E-state index in [2.05, 4.69) is 0 Å². The summed E-state index contributed by atoms with van der Waals surface area (Å²) >= 11 is 0. The van der Waals surface area contributed by atoms with Crippen LogP contribution in [0.1, 0.15) is 27.2 Å². The van der Waals surface area contributed by atoms with E-state index in [0.29, 0.717) is 18.4 Å². The highest BCUT2D eigenvalue weighted by atomic mass is 16.6. The highest BCUT2D eigenvalue weighted by Gasteiger charge is 2.49. The van der Waals surface area contributed by atoms with E-state index in [-0.39, 0.29) is 12.0 Å². The fourth-order valence-electron chi connectivity index (χ4n) is 2.37. The van der Waals surface area contributed by atoms with E-state index in [1.165, 1.54) is 0 Å². The molecule has 4 heteroatoms. The lowest BCUT2D eigenvalue weighted by atomic mass is 9.99. The standard InChI is InChI=1S/C12H19NO3/c1-12(2,3)16-11(15)13-5-8-4-10(8)9(6-13)7-14/h7-10H,4-6H2,1-3H3. The normalized spacial score (nSPS) is 32.9. The Morgan fingerprint density at radius 2 is 2.06 bits per heavy atom. The van der Waals surface area contributed by atoms with E-state index in [9.17, 15) is 9.59 Å². The van der Waals surface area contributed by atoms with Crippen LogP contribution in [0.4, 0.5) is 4.79 Å². The van der Waals surface area contributed by atoms with Gasteiger partial charge in [-0.1, -0.05) is 0 Å². The first-order chi connectivity index (χ1) is 7.40. The van der Waals surface area contributed by atoms with Gasteiger partial charge in [0.25, 0.3) is 0 Å². The molecule has 1 amide bonds. The summed E-state index contributed by atoms with van der Waals surface area (Å²) in [7, 11) is 0. The van der Waals surface area contributed by atoms with E-state index in [1.54, 1.807) is 4.90 Å². The number of rotatable bonds is 1. The maximum absolute atomic E-state index is 11.8. The van der Waals surface area contributed by atoms with E-state index >= 15 is 0 Å². The average molecular weight is 225 g/mol. The van der Waals surface area contributed by atoms with Crippen LogP contribution in [0.15, 0.2) is 0 Å². The molecule has 0 aromatic carbocycles. The van der Waals surface area contributed by atoms with Crippen LogP contribution in [0.2, 0.25) is 0 Å². The number of hydrogen-bond acceptors (Lipinski definition) is 3. The van der Waals surface area contributed by atoms with Gasteiger partial charge in [-0.15, -0.1) is 0 Å². The lowest BCUT2D eigenvalue weighted by Gasteiger charge is -2.31. The first kappa shape index (κ1) is 11.4. The van der Waals surface area contributed by atoms with Crippen LogP contribution in [0, 0.1) is 17.8 Å². The summed E-state index contributed by atoms with van der Waals surface area (Å²) in [5.41, 5.74) is -0.464. The Kier molecular flexibility index (Phi) is 2.68. The topological polar surface area (TPSA) is 46.6 Å². The molecule has 4 nitrogen and oxygen atoms in total. The number of carbonyl (C=O) groups is 2. The molecule has 3 atom stereocenters. The summed E-state index contributed by atoms with van der Waals surface area (Å²) in [6.07, 6.45) is 1.79. The van der Waals surface area contributed by atoms with Crippen molar-refractivity contribution in [3.63, 3.8) is 0 Å². The van der Waals surface area contributed by atoms with Crippen LogP contribution < -0.4 is 0 Å². The van der Waals surface area contributed by atoms with Gasteiger partial charge in [0.05, 0.1) is 0 Å². The summed E-state index contributed by atoms with van der Waals surface area (Å²) in [6, 6.07) is 0. The Morgan fingerprint density at radius 3 is 2.62 bits per heavy atom. The predicted molar refractivity (Wildman–Crippen MR) is 59.0 cm³/mol. The fraction of sp³-hybridized carbons (Fsp3) is 0.833. The van der Waals surface area contributed by atoms with Crippen molar-refractivity contribution in [2.24, 2.45) is 17.8 Å². The number of carbonyl (C=O) groups excluding carboxylic acids is 2. The van der Waals surface area contributed by atoms with Crippen molar-refractivity contribution in [2.75, 3.05) is 13.1 Å². The van der Waals surface area contributed by atoms with Crippen LogP contribution in [-0.2, 0) is 9.53 Å². The van der Waals surface area contributed by atoms with Gasteiger partial charge in [-0.3, -0.25) is 0 Å². The van der Waals surface area contributed by atoms with Crippen LogP contribution >= 0.6 is 0 Å². The van der Waals surface area contributed by atoms with Crippen molar-refractivity contribution in [3.8, 4) is 0 Å². The van der Waals surface area contributed by atoms with E-state index in [0.717, 1.165) is 19.3 Å². The minimum atomic E-state index is -0.464. The van der Waals surface area contributed by atoms with Crippen molar-refractivity contribution < 1.29 is 14.3 Å². The zero-order valence-corrected chi connectivity index (χ0v) is 10.1. The molecule has 0 radical (unpaired) electrons. The third kappa shape index (κ3) is 2.36. The van der Waals surface area contributed by atoms with Crippen LogP contribution in [0.3, 0.4) is 0 Å². The van der Waals surface area contributed by atoms with E-state index in [4.69, 9.17) is 4.74 Å². The molecule has 90 valence electrons. The van der Waals surface area contributed by atoms with Crippen molar-refractivity contribution >= 4 is 12.4 Å². The maximum Gasteiger partial charge on any atom is 0.410 e. The number of hydrogen-bond donors (Lipinski definition) is 0. The minimum Gasteiger partial charge on any atom is -0.444 e. The highest BCUT2D eigenvalue weighted by molar-refractivity contribution is 5.69. The number of ether oxygens (including phenoxy) is 1. The molecule has 2 aliphatic rings. The molecule has 0 bridgehead atoms. The average Bonchev–Trinajstić information content (AvgIpc) is 2.91. The van der Waals surface area contributed by atoms with Gasteiger partial charge >= 0.3 is 6.09 Å². The molecule has 1 saturated heterocycles. The number of piperidine rings is 1. The summed E-state index contributed by atoms with van der Waals surface area (Å²) < 4.78 is 5.31. The number of amides is 1. The molecular weight excluding hydrogens is 206 g/mol. The van der Waals surface area contributed by atoms with Crippen LogP contribution in [-0.4, -0.2) is 36.0 Å². The molecule has 3 unspecified atom stereocenters. The first-order valence-electron chi connectivity index (χ1n) is 5.84. The zero-order chi connectivity index (χ0) is 11.9. The zero-order valence-electron chi connectivity index (χ0n) is 10.1. The van der Waals surface area contributed by atoms with Crippen molar-refractivity contribution in [1.29, 1.82) is 0 Å². The quantitative estimate of drug-likeness (QED) is 0.638. The Labute approximate surface area is 95.9 Å². The molecule has 2 rings (SSSR count). The van der Waals surface area contributed by atoms with Crippen molar-refractivity contribution in [2.45, 2.75) is 32.8 Å². The minimum absolute atomic E-state index is 0.0197. The van der Waals surface area contributed by atoms with Crippen molar-refractivity contribution in [3.05, 3.63) is 0 Å². The second-order valence-corrected chi connectivity index (χ2v) is 5.84. The lowest BCUT2D eigenvalue weighted by molar-refractivity contribution is -0.112. The first-order valence-corrected chi connectivity index (χ1v) is 5.84. The summed E-state index contributed by atoms with van der Waals surface area (Å²) in [5.74, 6) is 1.07. The van der Waals surface area contributed by atoms with Gasteiger partial charge in [0.1, 0.15) is 11.9 Å². The maximum atomic E-state index is 11.8. The van der Waals surface area contributed by atoms with Gasteiger partial charge in [-0.2, -0.15) is 0 Å². The molecule has 1 heterocycles. The Morgan fingerprint density at radius 1 is 1.38 bits per heavy atom. The highest BCUT2D eigenvalue weighted by Crippen LogP contribution is 2.47. The van der Waals surface area contributed by atoms with E-state index < -0.39 is 5.60 Å². The summed E-state index contributed by atoms with van der Waals surface area (Å²) in [6.45, 7) is 6.84. The fourth-order valence-corrected chi connectivity index (χ4v) is 2.37. The number of fused-ring (bicyclic) bond motifs is 1. The molecule has 2 fully saturated rings. The van der Waals surface area contributed by atoms with Gasteiger partial charge in [-0.05, 0) is 39.0 Å². The van der Waals surface area contributed by atoms with Gasteiger partial charge in [0.15, 0.2) is 0 Å². The second-order valence-electron chi connectivity index (χ2n) is 5.84. The number of nitrogens with zero attached hydrogens (tertiary/aromatic N) is 1. The molecular formula is C12H19NO3. The van der Waals surface area contributed by atoms with E-state index in [1.807, 2.05) is 20.8 Å². The van der Waals surface area contributed by atoms with Gasteiger partial charge < -0.3 is 14.4 Å². The Bertz CT molecular complexity index is 308. The predicted octanol–water partition coefficient (Wildman–Crippen LogP) is 1.69. The van der Waals surface area contributed by atoms with Gasteiger partial charge in [0.2, 0.25) is 0 Å². The van der Waals surface area contributed by atoms with Gasteiger partial charge in [0, 0.05) is 19.0 Å². The molecule has 1 aliphatic heterocycles. The van der Waals surface area contributed by atoms with Gasteiger partial charge in [-0.25, -0.2) is 4.79 Å². The molecule has 0 aromatic heterocycles. The number of likely N-dealkylation sites (tertiary alicyclic amines) is 1. The van der Waals surface area contributed by atoms with Crippen LogP contribution in [0.5, 0.6) is 0 Å². The Hall–Kier alpha value is -1.06. The second kappa shape index (κ2) is 3.75. The molecule has 0 aromatic rings. The third-order valence-electron chi connectivity index (χ3n) is 3.24. The Balaban J connectivity index is 1.94. The SMILES string of the molecule is CC(C)(C)OC(=O)N1CC(C=O)C2CC2C1. The monoisotopic (exact) mass is 225 g/mol. The van der Waals surface area contributed by atoms with Crippen molar-refractivity contribution in [1.82, 2.24) is 4.90 Å². The third-order valence-corrected chi connectivity index (χ3v) is 3.24. The largest absolute Gasteiger partial charge is 0.444 e. The molecule has 1 saturated carbocycles. The smallest absolute Gasteiger partial charge is 0.410 e. The molecule has 0 N–H and O–H groups in total. The molecule has 0 spiro atoms.